The van der Waals surface area contributed by atoms with Crippen molar-refractivity contribution in [3.63, 3.8) is 0 Å². The van der Waals surface area contributed by atoms with E-state index in [0.717, 1.165) is 21.4 Å². The Hall–Kier alpha value is -2.30. The van der Waals surface area contributed by atoms with Crippen LogP contribution in [0.15, 0.2) is 65.1 Å². The molecule has 0 aromatic heterocycles. The van der Waals surface area contributed by atoms with Gasteiger partial charge in [-0.2, -0.15) is 0 Å². The first-order valence-electron chi connectivity index (χ1n) is 8.07. The molecule has 0 radical (unpaired) electrons. The molecule has 3 nitrogen and oxygen atoms in total. The van der Waals surface area contributed by atoms with Gasteiger partial charge in [-0.1, -0.05) is 51.8 Å². The summed E-state index contributed by atoms with van der Waals surface area (Å²) in [5.74, 6) is -0.0783. The zero-order chi connectivity index (χ0) is 18.8. The van der Waals surface area contributed by atoms with Crippen LogP contribution >= 0.6 is 27.5 Å². The Morgan fingerprint density at radius 1 is 1.04 bits per heavy atom. The zero-order valence-electron chi connectivity index (χ0n) is 14.5. The fraction of sp³-hybridized carbons (Fsp3) is 0.0952. The predicted molar refractivity (Wildman–Crippen MR) is 113 cm³/mol. The Kier molecular flexibility index (Phi) is 5.35. The molecule has 3 aromatic rings. The van der Waals surface area contributed by atoms with Gasteiger partial charge in [0.05, 0.1) is 16.4 Å². The molecule has 0 spiro atoms. The lowest BCUT2D eigenvalue weighted by molar-refractivity contribution is 0.103. The lowest BCUT2D eigenvalue weighted by atomic mass is 9.99. The van der Waals surface area contributed by atoms with Gasteiger partial charge in [-0.3, -0.25) is 4.79 Å². The molecule has 0 aliphatic rings. The summed E-state index contributed by atoms with van der Waals surface area (Å²) in [7, 11) is 1.91. The van der Waals surface area contributed by atoms with Gasteiger partial charge in [0.15, 0.2) is 5.78 Å². The van der Waals surface area contributed by atoms with Gasteiger partial charge in [0, 0.05) is 28.3 Å². The van der Waals surface area contributed by atoms with Gasteiger partial charge in [-0.25, -0.2) is 0 Å². The molecule has 0 aliphatic heterocycles. The third kappa shape index (κ3) is 3.62. The first-order valence-corrected chi connectivity index (χ1v) is 9.24. The second-order valence-corrected chi connectivity index (χ2v) is 7.39. The van der Waals surface area contributed by atoms with E-state index in [1.54, 1.807) is 12.1 Å². The number of nitrogen functional groups attached to an aromatic ring is 1. The van der Waals surface area contributed by atoms with Gasteiger partial charge in [0.25, 0.3) is 0 Å². The topological polar surface area (TPSA) is 46.3 Å². The minimum atomic E-state index is -0.0783. The number of nitrogens with zero attached hydrogens (tertiary/aromatic N) is 1. The van der Waals surface area contributed by atoms with Crippen LogP contribution < -0.4 is 10.6 Å². The molecule has 0 unspecified atom stereocenters. The van der Waals surface area contributed by atoms with Crippen molar-refractivity contribution in [2.75, 3.05) is 17.7 Å². The van der Waals surface area contributed by atoms with Crippen LogP contribution in [-0.2, 0) is 0 Å². The minimum absolute atomic E-state index is 0.0783. The minimum Gasteiger partial charge on any atom is -0.397 e. The number of nitrogens with two attached hydrogens (primary N) is 1. The molecule has 0 heterocycles. The van der Waals surface area contributed by atoms with Crippen molar-refractivity contribution in [2.45, 2.75) is 6.92 Å². The summed E-state index contributed by atoms with van der Waals surface area (Å²) in [6.07, 6.45) is 0. The quantitative estimate of drug-likeness (QED) is 0.409. The summed E-state index contributed by atoms with van der Waals surface area (Å²) < 4.78 is 0.921. The SMILES string of the molecule is Cc1ccccc1C(=O)c1ccc(N(C)c2ccc(Br)cc2N)cc1Cl. The van der Waals surface area contributed by atoms with Gasteiger partial charge in [-0.15, -0.1) is 0 Å². The summed E-state index contributed by atoms with van der Waals surface area (Å²) in [4.78, 5) is 14.7. The third-order valence-electron chi connectivity index (χ3n) is 4.33. The number of rotatable bonds is 4. The number of aryl methyl sites for hydroxylation is 1. The van der Waals surface area contributed by atoms with E-state index < -0.39 is 0 Å². The van der Waals surface area contributed by atoms with E-state index in [9.17, 15) is 4.79 Å². The Morgan fingerprint density at radius 3 is 2.42 bits per heavy atom. The summed E-state index contributed by atoms with van der Waals surface area (Å²) in [6, 6.07) is 18.6. The molecule has 2 N–H and O–H groups in total. The standard InChI is InChI=1S/C21H18BrClN2O/c1-13-5-3-4-6-16(13)21(26)17-9-8-15(12-18(17)23)25(2)20-10-7-14(22)11-19(20)24/h3-12H,24H2,1-2H3. The molecular formula is C21H18BrClN2O. The van der Waals surface area contributed by atoms with Crippen molar-refractivity contribution in [1.82, 2.24) is 0 Å². The molecule has 3 rings (SSSR count). The van der Waals surface area contributed by atoms with E-state index in [-0.39, 0.29) is 5.78 Å². The monoisotopic (exact) mass is 428 g/mol. The van der Waals surface area contributed by atoms with Crippen molar-refractivity contribution in [3.8, 4) is 0 Å². The molecule has 132 valence electrons. The van der Waals surface area contributed by atoms with Crippen LogP contribution in [0.5, 0.6) is 0 Å². The van der Waals surface area contributed by atoms with Crippen molar-refractivity contribution in [1.29, 1.82) is 0 Å². The average Bonchev–Trinajstić information content (AvgIpc) is 2.61. The number of anilines is 3. The zero-order valence-corrected chi connectivity index (χ0v) is 16.8. The van der Waals surface area contributed by atoms with Crippen molar-refractivity contribution in [2.24, 2.45) is 0 Å². The summed E-state index contributed by atoms with van der Waals surface area (Å²) >= 11 is 9.85. The largest absolute Gasteiger partial charge is 0.397 e. The van der Waals surface area contributed by atoms with E-state index in [4.69, 9.17) is 17.3 Å². The molecule has 3 aromatic carbocycles. The van der Waals surface area contributed by atoms with E-state index >= 15 is 0 Å². The van der Waals surface area contributed by atoms with Crippen LogP contribution in [-0.4, -0.2) is 12.8 Å². The van der Waals surface area contributed by atoms with Crippen molar-refractivity contribution < 1.29 is 4.79 Å². The highest BCUT2D eigenvalue weighted by Crippen LogP contribution is 2.33. The van der Waals surface area contributed by atoms with Crippen LogP contribution in [0.3, 0.4) is 0 Å². The van der Waals surface area contributed by atoms with E-state index in [2.05, 4.69) is 15.9 Å². The van der Waals surface area contributed by atoms with Gasteiger partial charge < -0.3 is 10.6 Å². The number of benzene rings is 3. The van der Waals surface area contributed by atoms with Crippen LogP contribution in [0.25, 0.3) is 0 Å². The Bertz CT molecular complexity index is 987. The normalized spacial score (nSPS) is 10.6. The highest BCUT2D eigenvalue weighted by atomic mass is 79.9. The Morgan fingerprint density at radius 2 is 1.77 bits per heavy atom. The number of carbonyl (C=O) groups is 1. The van der Waals surface area contributed by atoms with Crippen molar-refractivity contribution in [3.05, 3.63) is 86.8 Å². The van der Waals surface area contributed by atoms with Crippen LogP contribution in [0.1, 0.15) is 21.5 Å². The Balaban J connectivity index is 1.95. The number of ketones is 1. The van der Waals surface area contributed by atoms with Crippen LogP contribution in [0.2, 0.25) is 5.02 Å². The summed E-state index contributed by atoms with van der Waals surface area (Å²) in [5.41, 5.74) is 10.6. The molecular weight excluding hydrogens is 412 g/mol. The van der Waals surface area contributed by atoms with Crippen LogP contribution in [0.4, 0.5) is 17.1 Å². The first-order chi connectivity index (χ1) is 12.4. The maximum Gasteiger partial charge on any atom is 0.194 e. The highest BCUT2D eigenvalue weighted by molar-refractivity contribution is 9.10. The van der Waals surface area contributed by atoms with Gasteiger partial charge in [0.2, 0.25) is 0 Å². The van der Waals surface area contributed by atoms with Gasteiger partial charge in [0.1, 0.15) is 0 Å². The van der Waals surface area contributed by atoms with E-state index in [1.165, 1.54) is 0 Å². The lowest BCUT2D eigenvalue weighted by Gasteiger charge is -2.22. The fourth-order valence-corrected chi connectivity index (χ4v) is 3.48. The number of carbonyl (C=O) groups excluding carboxylic acids is 1. The molecule has 0 amide bonds. The number of hydrogen-bond acceptors (Lipinski definition) is 3. The van der Waals surface area contributed by atoms with E-state index in [0.29, 0.717) is 21.8 Å². The third-order valence-corrected chi connectivity index (χ3v) is 5.13. The van der Waals surface area contributed by atoms with Crippen LogP contribution in [0, 0.1) is 6.92 Å². The second-order valence-electron chi connectivity index (χ2n) is 6.07. The summed E-state index contributed by atoms with van der Waals surface area (Å²) in [6.45, 7) is 1.92. The molecule has 0 fully saturated rings. The molecule has 0 saturated heterocycles. The number of halogens is 2. The molecule has 0 bridgehead atoms. The van der Waals surface area contributed by atoms with Crippen molar-refractivity contribution >= 4 is 50.4 Å². The Labute approximate surface area is 166 Å². The molecule has 26 heavy (non-hydrogen) atoms. The molecule has 5 heteroatoms. The molecule has 0 aliphatic carbocycles. The molecule has 0 saturated carbocycles. The predicted octanol–water partition coefficient (Wildman–Crippen LogP) is 5.99. The fourth-order valence-electron chi connectivity index (χ4n) is 2.84. The smallest absolute Gasteiger partial charge is 0.194 e. The average molecular weight is 430 g/mol. The van der Waals surface area contributed by atoms with E-state index in [1.807, 2.05) is 67.4 Å². The van der Waals surface area contributed by atoms with Gasteiger partial charge in [-0.05, 0) is 48.9 Å². The van der Waals surface area contributed by atoms with Gasteiger partial charge >= 0.3 is 0 Å². The molecule has 0 atom stereocenters. The maximum atomic E-state index is 12.8. The highest BCUT2D eigenvalue weighted by Gasteiger charge is 2.16. The maximum absolute atomic E-state index is 12.8. The second kappa shape index (κ2) is 7.52. The number of hydrogen-bond donors (Lipinski definition) is 1. The summed E-state index contributed by atoms with van der Waals surface area (Å²) in [5, 5.41) is 0.415. The first kappa shape index (κ1) is 18.5. The lowest BCUT2D eigenvalue weighted by Crippen LogP contribution is -2.12.